The van der Waals surface area contributed by atoms with Gasteiger partial charge in [-0.25, -0.2) is 4.68 Å². The van der Waals surface area contributed by atoms with E-state index in [0.29, 0.717) is 15.3 Å². The van der Waals surface area contributed by atoms with Gasteiger partial charge < -0.3 is 15.4 Å². The van der Waals surface area contributed by atoms with E-state index < -0.39 is 34.8 Å². The molecule has 41 heavy (non-hydrogen) atoms. The summed E-state index contributed by atoms with van der Waals surface area (Å²) in [5.41, 5.74) is 1.55. The number of hydrogen-bond donors (Lipinski definition) is 2. The summed E-state index contributed by atoms with van der Waals surface area (Å²) in [5.74, 6) is -0.488. The highest BCUT2D eigenvalue weighted by molar-refractivity contribution is 7.10. The second-order valence-electron chi connectivity index (χ2n) is 9.77. The zero-order valence-corrected chi connectivity index (χ0v) is 22.6. The molecule has 4 aromatic rings. The normalized spacial score (nSPS) is 17.9. The van der Waals surface area contributed by atoms with Gasteiger partial charge in [-0.3, -0.25) is 14.9 Å². The zero-order chi connectivity index (χ0) is 28.9. The molecule has 0 spiro atoms. The number of nitro benzene ring substituents is 1. The highest BCUT2D eigenvalue weighted by Gasteiger charge is 2.48. The van der Waals surface area contributed by atoms with Crippen molar-refractivity contribution in [3.63, 3.8) is 0 Å². The smallest absolute Gasteiger partial charge is 0.410 e. The van der Waals surface area contributed by atoms with Gasteiger partial charge in [0.15, 0.2) is 11.7 Å². The number of halogens is 4. The van der Waals surface area contributed by atoms with E-state index in [1.807, 2.05) is 12.1 Å². The van der Waals surface area contributed by atoms with Gasteiger partial charge in [0, 0.05) is 23.4 Å². The number of benzene rings is 2. The SMILES string of the molecule is O=C(Nc1cc(Oc2ccc3c(c2)CCC3)cc([N+](=O)[O-])c1)c1nn2c(c1Cl)N[C@H](c1cccs1)C[C@H]2C(F)(F)F. The Morgan fingerprint density at radius 3 is 2.71 bits per heavy atom. The molecule has 1 aliphatic heterocycles. The number of ether oxygens (including phenoxy) is 1. The lowest BCUT2D eigenvalue weighted by Crippen LogP contribution is -2.35. The highest BCUT2D eigenvalue weighted by atomic mass is 35.5. The van der Waals surface area contributed by atoms with Crippen LogP contribution in [0.2, 0.25) is 5.02 Å². The second kappa shape index (κ2) is 10.4. The largest absolute Gasteiger partial charge is 0.457 e. The second-order valence-corrected chi connectivity index (χ2v) is 11.1. The predicted molar refractivity (Wildman–Crippen MR) is 147 cm³/mol. The molecule has 2 aliphatic rings. The number of alkyl halides is 3. The Morgan fingerprint density at radius 1 is 1.17 bits per heavy atom. The van der Waals surface area contributed by atoms with Crippen molar-refractivity contribution in [2.45, 2.75) is 43.9 Å². The number of carbonyl (C=O) groups is 1. The number of aromatic nitrogens is 2. The molecule has 6 rings (SSSR count). The van der Waals surface area contributed by atoms with Gasteiger partial charge in [-0.15, -0.1) is 11.3 Å². The summed E-state index contributed by atoms with van der Waals surface area (Å²) in [6, 6.07) is 10.1. The number of hydrogen-bond acceptors (Lipinski definition) is 7. The molecule has 14 heteroatoms. The number of anilines is 2. The first kappa shape index (κ1) is 27.1. The molecule has 2 atom stereocenters. The fraction of sp³-hybridized carbons (Fsp3) is 0.259. The van der Waals surface area contributed by atoms with E-state index in [1.165, 1.54) is 29.0 Å². The summed E-state index contributed by atoms with van der Waals surface area (Å²) in [7, 11) is 0. The first-order chi connectivity index (χ1) is 19.6. The molecule has 0 saturated heterocycles. The van der Waals surface area contributed by atoms with E-state index in [4.69, 9.17) is 16.3 Å². The van der Waals surface area contributed by atoms with E-state index in [9.17, 15) is 28.1 Å². The molecule has 2 aromatic heterocycles. The lowest BCUT2D eigenvalue weighted by molar-refractivity contribution is -0.384. The number of rotatable bonds is 6. The van der Waals surface area contributed by atoms with Crippen LogP contribution in [0.25, 0.3) is 0 Å². The Kier molecular flexibility index (Phi) is 6.86. The molecule has 0 unspecified atom stereocenters. The average Bonchev–Trinajstić information content (AvgIpc) is 3.68. The fourth-order valence-electron chi connectivity index (χ4n) is 5.17. The Labute approximate surface area is 240 Å². The number of amides is 1. The molecule has 0 bridgehead atoms. The van der Waals surface area contributed by atoms with Crippen LogP contribution in [-0.4, -0.2) is 26.8 Å². The number of non-ortho nitro benzene ring substituents is 1. The predicted octanol–water partition coefficient (Wildman–Crippen LogP) is 7.70. The van der Waals surface area contributed by atoms with Crippen LogP contribution >= 0.6 is 22.9 Å². The van der Waals surface area contributed by atoms with Crippen molar-refractivity contribution in [2.24, 2.45) is 0 Å². The molecular formula is C27H21ClF3N5O4S. The first-order valence-electron chi connectivity index (χ1n) is 12.6. The molecule has 0 radical (unpaired) electrons. The third kappa shape index (κ3) is 5.34. The lowest BCUT2D eigenvalue weighted by Gasteiger charge is -2.32. The first-order valence-corrected chi connectivity index (χ1v) is 13.9. The average molecular weight is 604 g/mol. The van der Waals surface area contributed by atoms with Crippen LogP contribution < -0.4 is 15.4 Å². The maximum Gasteiger partial charge on any atom is 0.410 e. The van der Waals surface area contributed by atoms with Crippen LogP contribution in [-0.2, 0) is 12.8 Å². The van der Waals surface area contributed by atoms with E-state index >= 15 is 0 Å². The van der Waals surface area contributed by atoms with Crippen molar-refractivity contribution in [2.75, 3.05) is 10.6 Å². The zero-order valence-electron chi connectivity index (χ0n) is 21.1. The van der Waals surface area contributed by atoms with Crippen molar-refractivity contribution in [1.82, 2.24) is 9.78 Å². The van der Waals surface area contributed by atoms with Crippen molar-refractivity contribution in [1.29, 1.82) is 0 Å². The minimum Gasteiger partial charge on any atom is -0.457 e. The van der Waals surface area contributed by atoms with E-state index in [0.717, 1.165) is 30.9 Å². The summed E-state index contributed by atoms with van der Waals surface area (Å²) < 4.78 is 48.7. The lowest BCUT2D eigenvalue weighted by atomic mass is 10.0. The third-order valence-corrected chi connectivity index (χ3v) is 8.41. The molecule has 2 aromatic carbocycles. The maximum absolute atomic E-state index is 14.0. The molecule has 9 nitrogen and oxygen atoms in total. The summed E-state index contributed by atoms with van der Waals surface area (Å²) in [4.78, 5) is 24.8. The van der Waals surface area contributed by atoms with Crippen LogP contribution in [0.1, 0.15) is 51.4 Å². The Bertz CT molecular complexity index is 1660. The van der Waals surface area contributed by atoms with Gasteiger partial charge in [-0.1, -0.05) is 23.7 Å². The van der Waals surface area contributed by atoms with Gasteiger partial charge in [0.25, 0.3) is 11.6 Å². The Morgan fingerprint density at radius 2 is 1.98 bits per heavy atom. The van der Waals surface area contributed by atoms with Gasteiger partial charge in [0.1, 0.15) is 22.3 Å². The van der Waals surface area contributed by atoms with Crippen LogP contribution in [0, 0.1) is 10.1 Å². The van der Waals surface area contributed by atoms with E-state index in [2.05, 4.69) is 15.7 Å². The number of aryl methyl sites for hydroxylation is 2. The highest BCUT2D eigenvalue weighted by Crippen LogP contribution is 2.47. The van der Waals surface area contributed by atoms with Gasteiger partial charge in [-0.05, 0) is 54.0 Å². The molecule has 1 amide bonds. The fourth-order valence-corrected chi connectivity index (χ4v) is 6.22. The molecule has 212 valence electrons. The van der Waals surface area contributed by atoms with Crippen LogP contribution in [0.15, 0.2) is 53.9 Å². The van der Waals surface area contributed by atoms with Crippen LogP contribution in [0.3, 0.4) is 0 Å². The number of nitro groups is 1. The van der Waals surface area contributed by atoms with Crippen LogP contribution in [0.4, 0.5) is 30.4 Å². The molecule has 1 aliphatic carbocycles. The molecule has 2 N–H and O–H groups in total. The van der Waals surface area contributed by atoms with E-state index in [1.54, 1.807) is 23.6 Å². The van der Waals surface area contributed by atoms with Gasteiger partial charge in [-0.2, -0.15) is 18.3 Å². The number of carbonyl (C=O) groups excluding carboxylic acids is 1. The minimum absolute atomic E-state index is 0.0146. The van der Waals surface area contributed by atoms with Crippen molar-refractivity contribution >= 4 is 46.0 Å². The van der Waals surface area contributed by atoms with Gasteiger partial charge >= 0.3 is 6.18 Å². The Balaban J connectivity index is 1.29. The van der Waals surface area contributed by atoms with Crippen molar-refractivity contribution < 1.29 is 27.6 Å². The molecule has 0 saturated carbocycles. The van der Waals surface area contributed by atoms with Crippen LogP contribution in [0.5, 0.6) is 11.5 Å². The summed E-state index contributed by atoms with van der Waals surface area (Å²) >= 11 is 7.71. The molecule has 0 fully saturated rings. The summed E-state index contributed by atoms with van der Waals surface area (Å²) in [5, 5.41) is 22.4. The van der Waals surface area contributed by atoms with Crippen molar-refractivity contribution in [3.8, 4) is 11.5 Å². The number of fused-ring (bicyclic) bond motifs is 2. The number of nitrogens with zero attached hydrogens (tertiary/aromatic N) is 3. The number of thiophene rings is 1. The quantitative estimate of drug-likeness (QED) is 0.173. The number of nitrogens with one attached hydrogen (secondary N) is 2. The van der Waals surface area contributed by atoms with E-state index in [-0.39, 0.29) is 34.4 Å². The summed E-state index contributed by atoms with van der Waals surface area (Å²) in [6.45, 7) is 0. The summed E-state index contributed by atoms with van der Waals surface area (Å²) in [6.07, 6.45) is -2.06. The van der Waals surface area contributed by atoms with Gasteiger partial charge in [0.05, 0.1) is 22.7 Å². The monoisotopic (exact) mass is 603 g/mol. The van der Waals surface area contributed by atoms with Gasteiger partial charge in [0.2, 0.25) is 0 Å². The molecule has 3 heterocycles. The maximum atomic E-state index is 14.0. The third-order valence-electron chi connectivity index (χ3n) is 7.06. The standard InChI is InChI=1S/C27H21ClF3N5O4S/c28-23-24(34-35-22(27(29,30)31)13-20(33-25(23)35)21-5-2-8-41-21)26(37)32-16-10-17(36(38)39)12-19(11-16)40-18-7-6-14-3-1-4-15(14)9-18/h2,5-12,20,22,33H,1,3-4,13H2,(H,32,37)/t20-,22-/m0/s1. The molecular weight excluding hydrogens is 583 g/mol. The van der Waals surface area contributed by atoms with Crippen molar-refractivity contribution in [3.05, 3.63) is 90.7 Å². The topological polar surface area (TPSA) is 111 Å². The minimum atomic E-state index is -4.65. The Hall–Kier alpha value is -4.10.